The van der Waals surface area contributed by atoms with Crippen LogP contribution in [0.1, 0.15) is 5.56 Å². The highest BCUT2D eigenvalue weighted by Crippen LogP contribution is 2.25. The minimum atomic E-state index is -0.672. The van der Waals surface area contributed by atoms with Crippen LogP contribution in [0, 0.1) is 0 Å². The van der Waals surface area contributed by atoms with Gasteiger partial charge in [-0.25, -0.2) is 4.79 Å². The molecule has 0 unspecified atom stereocenters. The summed E-state index contributed by atoms with van der Waals surface area (Å²) >= 11 is 0. The van der Waals surface area contributed by atoms with Gasteiger partial charge in [-0.2, -0.15) is 4.68 Å². The monoisotopic (exact) mass is 374 g/mol. The van der Waals surface area contributed by atoms with Crippen LogP contribution in [-0.2, 0) is 17.8 Å². The standard InChI is InChI=1S/C21H18N4O3/c26-19(23-13-11-15-6-2-1-3-7-15)14-25-21(27)28-20(24-25)17-8-4-10-18-16(17)9-5-12-22-18/h1-10,12H,11,13-14H2,(H,23,26). The van der Waals surface area contributed by atoms with Crippen molar-refractivity contribution in [2.75, 3.05) is 6.54 Å². The van der Waals surface area contributed by atoms with E-state index in [0.29, 0.717) is 18.5 Å². The van der Waals surface area contributed by atoms with Gasteiger partial charge in [0.15, 0.2) is 0 Å². The second-order valence-electron chi connectivity index (χ2n) is 6.29. The van der Waals surface area contributed by atoms with Gasteiger partial charge in [0, 0.05) is 23.7 Å². The van der Waals surface area contributed by atoms with Crippen molar-refractivity contribution in [1.82, 2.24) is 20.1 Å². The Morgan fingerprint density at radius 1 is 1.04 bits per heavy atom. The normalized spacial score (nSPS) is 10.9. The summed E-state index contributed by atoms with van der Waals surface area (Å²) in [5.74, 6) is -0.799. The van der Waals surface area contributed by atoms with E-state index >= 15 is 0 Å². The molecular formula is C21H18N4O3. The number of carbonyl (C=O) groups is 1. The summed E-state index contributed by atoms with van der Waals surface area (Å²) in [5.41, 5.74) is 2.56. The fraction of sp³-hybridized carbons (Fsp3) is 0.143. The van der Waals surface area contributed by atoms with Crippen molar-refractivity contribution in [2.24, 2.45) is 0 Å². The van der Waals surface area contributed by atoms with Gasteiger partial charge in [0.05, 0.1) is 5.52 Å². The lowest BCUT2D eigenvalue weighted by Gasteiger charge is -2.04. The maximum atomic E-state index is 12.2. The van der Waals surface area contributed by atoms with Crippen molar-refractivity contribution in [2.45, 2.75) is 13.0 Å². The largest absolute Gasteiger partial charge is 0.437 e. The number of fused-ring (bicyclic) bond motifs is 1. The van der Waals surface area contributed by atoms with Crippen LogP contribution in [0.3, 0.4) is 0 Å². The summed E-state index contributed by atoms with van der Waals surface area (Å²) in [4.78, 5) is 28.6. The first-order chi connectivity index (χ1) is 13.7. The van der Waals surface area contributed by atoms with Gasteiger partial charge in [-0.1, -0.05) is 42.5 Å². The number of hydrogen-bond acceptors (Lipinski definition) is 5. The van der Waals surface area contributed by atoms with Gasteiger partial charge in [0.1, 0.15) is 6.54 Å². The molecule has 2 aromatic carbocycles. The molecule has 4 aromatic rings. The molecule has 2 heterocycles. The molecule has 0 spiro atoms. The molecule has 0 saturated heterocycles. The smallest absolute Gasteiger partial charge is 0.388 e. The zero-order valence-electron chi connectivity index (χ0n) is 15.0. The summed E-state index contributed by atoms with van der Waals surface area (Å²) in [7, 11) is 0. The Bertz CT molecular complexity index is 1160. The Labute approximate surface area is 160 Å². The van der Waals surface area contributed by atoms with Crippen LogP contribution >= 0.6 is 0 Å². The molecule has 28 heavy (non-hydrogen) atoms. The third kappa shape index (κ3) is 3.83. The molecule has 7 nitrogen and oxygen atoms in total. The van der Waals surface area contributed by atoms with Crippen molar-refractivity contribution in [3.63, 3.8) is 0 Å². The number of nitrogens with zero attached hydrogens (tertiary/aromatic N) is 3. The molecule has 0 atom stereocenters. The molecule has 0 fully saturated rings. The predicted octanol–water partition coefficient (Wildman–Crippen LogP) is 2.41. The summed E-state index contributed by atoms with van der Waals surface area (Å²) in [5, 5.41) is 7.81. The minimum Gasteiger partial charge on any atom is -0.388 e. The van der Waals surface area contributed by atoms with E-state index in [4.69, 9.17) is 4.42 Å². The molecule has 0 saturated carbocycles. The highest BCUT2D eigenvalue weighted by atomic mass is 16.4. The van der Waals surface area contributed by atoms with E-state index in [2.05, 4.69) is 15.4 Å². The van der Waals surface area contributed by atoms with Crippen LogP contribution in [-0.4, -0.2) is 27.2 Å². The van der Waals surface area contributed by atoms with Crippen LogP contribution < -0.4 is 11.1 Å². The van der Waals surface area contributed by atoms with Crippen molar-refractivity contribution in [3.05, 3.63) is 83.0 Å². The lowest BCUT2D eigenvalue weighted by Crippen LogP contribution is -2.32. The van der Waals surface area contributed by atoms with Gasteiger partial charge in [-0.15, -0.1) is 5.10 Å². The van der Waals surface area contributed by atoms with E-state index in [1.54, 1.807) is 18.3 Å². The van der Waals surface area contributed by atoms with Crippen LogP contribution in [0.2, 0.25) is 0 Å². The molecule has 4 rings (SSSR count). The van der Waals surface area contributed by atoms with E-state index in [9.17, 15) is 9.59 Å². The number of aromatic nitrogens is 3. The number of pyridine rings is 1. The van der Waals surface area contributed by atoms with E-state index in [0.717, 1.165) is 21.1 Å². The minimum absolute atomic E-state index is 0.167. The highest BCUT2D eigenvalue weighted by Gasteiger charge is 2.15. The van der Waals surface area contributed by atoms with Gasteiger partial charge in [0.2, 0.25) is 11.8 Å². The molecule has 0 aliphatic carbocycles. The highest BCUT2D eigenvalue weighted by molar-refractivity contribution is 5.92. The first kappa shape index (κ1) is 17.7. The van der Waals surface area contributed by atoms with Crippen molar-refractivity contribution in [1.29, 1.82) is 0 Å². The summed E-state index contributed by atoms with van der Waals surface area (Å²) in [6, 6.07) is 19.0. The number of benzene rings is 2. The van der Waals surface area contributed by atoms with Gasteiger partial charge in [-0.3, -0.25) is 9.78 Å². The molecule has 140 valence electrons. The zero-order chi connectivity index (χ0) is 19.3. The topological polar surface area (TPSA) is 90.0 Å². The lowest BCUT2D eigenvalue weighted by atomic mass is 10.1. The van der Waals surface area contributed by atoms with Gasteiger partial charge in [0.25, 0.3) is 0 Å². The molecule has 1 amide bonds. The average molecular weight is 374 g/mol. The number of carbonyl (C=O) groups excluding carboxylic acids is 1. The Hall–Kier alpha value is -3.74. The maximum absolute atomic E-state index is 12.2. The van der Waals surface area contributed by atoms with Crippen molar-refractivity contribution >= 4 is 16.8 Å². The number of hydrogen-bond donors (Lipinski definition) is 1. The second-order valence-corrected chi connectivity index (χ2v) is 6.29. The summed E-state index contributed by atoms with van der Waals surface area (Å²) in [6.07, 6.45) is 2.41. The molecular weight excluding hydrogens is 356 g/mol. The summed E-state index contributed by atoms with van der Waals surface area (Å²) < 4.78 is 6.30. The molecule has 0 aliphatic heterocycles. The third-order valence-corrected chi connectivity index (χ3v) is 4.35. The van der Waals surface area contributed by atoms with E-state index in [1.807, 2.05) is 48.5 Å². The van der Waals surface area contributed by atoms with Crippen LogP contribution in [0.5, 0.6) is 0 Å². The van der Waals surface area contributed by atoms with Gasteiger partial charge in [-0.05, 0) is 30.2 Å². The molecule has 1 N–H and O–H groups in total. The summed E-state index contributed by atoms with van der Waals surface area (Å²) in [6.45, 7) is 0.289. The molecule has 2 aromatic heterocycles. The number of amides is 1. The fourth-order valence-electron chi connectivity index (χ4n) is 2.99. The van der Waals surface area contributed by atoms with Crippen LogP contribution in [0.4, 0.5) is 0 Å². The number of nitrogens with one attached hydrogen (secondary N) is 1. The molecule has 0 radical (unpaired) electrons. The van der Waals surface area contributed by atoms with E-state index in [-0.39, 0.29) is 18.3 Å². The average Bonchev–Trinajstić information content (AvgIpc) is 3.08. The Balaban J connectivity index is 1.46. The van der Waals surface area contributed by atoms with Crippen molar-refractivity contribution in [3.8, 4) is 11.5 Å². The van der Waals surface area contributed by atoms with Crippen molar-refractivity contribution < 1.29 is 9.21 Å². The Morgan fingerprint density at radius 3 is 2.75 bits per heavy atom. The fourth-order valence-corrected chi connectivity index (χ4v) is 2.99. The molecule has 0 aliphatic rings. The van der Waals surface area contributed by atoms with Crippen LogP contribution in [0.15, 0.2) is 76.1 Å². The van der Waals surface area contributed by atoms with Gasteiger partial charge >= 0.3 is 5.76 Å². The second kappa shape index (κ2) is 7.87. The third-order valence-electron chi connectivity index (χ3n) is 4.35. The first-order valence-corrected chi connectivity index (χ1v) is 8.93. The Morgan fingerprint density at radius 2 is 1.89 bits per heavy atom. The first-order valence-electron chi connectivity index (χ1n) is 8.93. The maximum Gasteiger partial charge on any atom is 0.437 e. The number of rotatable bonds is 6. The van der Waals surface area contributed by atoms with Gasteiger partial charge < -0.3 is 9.73 Å². The quantitative estimate of drug-likeness (QED) is 0.560. The predicted molar refractivity (Wildman–Crippen MR) is 105 cm³/mol. The van der Waals surface area contributed by atoms with E-state index < -0.39 is 5.76 Å². The SMILES string of the molecule is O=C(Cn1nc(-c2cccc3ncccc23)oc1=O)NCCc1ccccc1. The Kier molecular flexibility index (Phi) is 4.97. The molecule has 7 heteroatoms. The van der Waals surface area contributed by atoms with E-state index in [1.165, 1.54) is 0 Å². The zero-order valence-corrected chi connectivity index (χ0v) is 15.0. The van der Waals surface area contributed by atoms with Crippen LogP contribution in [0.25, 0.3) is 22.4 Å². The molecule has 0 bridgehead atoms. The lowest BCUT2D eigenvalue weighted by molar-refractivity contribution is -0.121.